The Bertz CT molecular complexity index is 670. The molecule has 0 spiro atoms. The molecule has 1 saturated heterocycles. The Morgan fingerprint density at radius 3 is 2.50 bits per heavy atom. The molecule has 154 valence electrons. The molecule has 1 aromatic rings. The average Bonchev–Trinajstić information content (AvgIpc) is 2.72. The number of aryl methyl sites for hydroxylation is 1. The minimum absolute atomic E-state index is 0.0991. The zero-order chi connectivity index (χ0) is 19.9. The number of rotatable bonds is 7. The molecule has 6 nitrogen and oxygen atoms in total. The highest BCUT2D eigenvalue weighted by Gasteiger charge is 2.28. The van der Waals surface area contributed by atoms with Crippen LogP contribution in [0.25, 0.3) is 0 Å². The number of likely N-dealkylation sites (N-methyl/N-ethyl adjacent to an activating group) is 1. The van der Waals surface area contributed by atoms with E-state index in [4.69, 9.17) is 0 Å². The van der Waals surface area contributed by atoms with Crippen LogP contribution in [0, 0.1) is 0 Å². The molecule has 0 aromatic heterocycles. The summed E-state index contributed by atoms with van der Waals surface area (Å²) in [5.74, 6) is 0.290. The first-order valence-electron chi connectivity index (χ1n) is 10.6. The van der Waals surface area contributed by atoms with Crippen LogP contribution in [0.5, 0.6) is 0 Å². The minimum Gasteiger partial charge on any atom is -0.355 e. The summed E-state index contributed by atoms with van der Waals surface area (Å²) < 4.78 is 0. The van der Waals surface area contributed by atoms with Crippen molar-refractivity contribution in [2.75, 3.05) is 52.9 Å². The highest BCUT2D eigenvalue weighted by atomic mass is 16.2. The molecule has 28 heavy (non-hydrogen) atoms. The number of piperazine rings is 1. The molecule has 6 heteroatoms. The van der Waals surface area contributed by atoms with Crippen molar-refractivity contribution in [2.45, 2.75) is 38.6 Å². The van der Waals surface area contributed by atoms with Crippen molar-refractivity contribution in [2.24, 2.45) is 0 Å². The fourth-order valence-corrected chi connectivity index (χ4v) is 4.24. The van der Waals surface area contributed by atoms with Gasteiger partial charge in [-0.25, -0.2) is 0 Å². The van der Waals surface area contributed by atoms with E-state index in [-0.39, 0.29) is 17.9 Å². The van der Waals surface area contributed by atoms with Crippen molar-refractivity contribution < 1.29 is 9.59 Å². The predicted molar refractivity (Wildman–Crippen MR) is 111 cm³/mol. The monoisotopic (exact) mass is 386 g/mol. The lowest BCUT2D eigenvalue weighted by Crippen LogP contribution is -2.52. The van der Waals surface area contributed by atoms with Gasteiger partial charge in [0.2, 0.25) is 11.8 Å². The van der Waals surface area contributed by atoms with E-state index in [0.717, 1.165) is 58.4 Å². The number of fused-ring (bicyclic) bond motifs is 1. The van der Waals surface area contributed by atoms with Gasteiger partial charge in [0.25, 0.3) is 0 Å². The molecule has 0 saturated carbocycles. The molecule has 1 fully saturated rings. The van der Waals surface area contributed by atoms with Crippen molar-refractivity contribution in [3.05, 3.63) is 35.4 Å². The lowest BCUT2D eigenvalue weighted by Gasteiger charge is -2.37. The number of carbonyl (C=O) groups is 2. The molecule has 0 radical (unpaired) electrons. The Balaban J connectivity index is 1.46. The fourth-order valence-electron chi connectivity index (χ4n) is 4.24. The summed E-state index contributed by atoms with van der Waals surface area (Å²) in [6, 6.07) is 8.72. The van der Waals surface area contributed by atoms with Crippen molar-refractivity contribution in [3.63, 3.8) is 0 Å². The van der Waals surface area contributed by atoms with E-state index in [1.807, 2.05) is 11.9 Å². The Morgan fingerprint density at radius 1 is 1.11 bits per heavy atom. The molecule has 1 unspecified atom stereocenters. The smallest absolute Gasteiger partial charge is 0.237 e. The summed E-state index contributed by atoms with van der Waals surface area (Å²) in [5, 5.41) is 2.93. The van der Waals surface area contributed by atoms with Crippen LogP contribution in [-0.4, -0.2) is 79.4 Å². The summed E-state index contributed by atoms with van der Waals surface area (Å²) in [4.78, 5) is 31.1. The second-order valence-electron chi connectivity index (χ2n) is 8.01. The zero-order valence-corrected chi connectivity index (χ0v) is 17.3. The van der Waals surface area contributed by atoms with Gasteiger partial charge in [-0.2, -0.15) is 0 Å². The van der Waals surface area contributed by atoms with Crippen LogP contribution in [0.3, 0.4) is 0 Å². The summed E-state index contributed by atoms with van der Waals surface area (Å²) in [6.45, 7) is 7.06. The second-order valence-corrected chi connectivity index (χ2v) is 8.01. The Morgan fingerprint density at radius 2 is 1.79 bits per heavy atom. The topological polar surface area (TPSA) is 55.9 Å². The molecule has 1 atom stereocenters. The van der Waals surface area contributed by atoms with Gasteiger partial charge in [0.15, 0.2) is 0 Å². The van der Waals surface area contributed by atoms with E-state index < -0.39 is 0 Å². The number of benzene rings is 1. The largest absolute Gasteiger partial charge is 0.355 e. The van der Waals surface area contributed by atoms with E-state index in [2.05, 4.69) is 46.3 Å². The third-order valence-corrected chi connectivity index (χ3v) is 5.96. The van der Waals surface area contributed by atoms with Crippen LogP contribution in [0.4, 0.5) is 0 Å². The number of hydrogen-bond acceptors (Lipinski definition) is 4. The molecular weight excluding hydrogens is 352 g/mol. The van der Waals surface area contributed by atoms with E-state index >= 15 is 0 Å². The molecular formula is C22H34N4O2. The maximum Gasteiger partial charge on any atom is 0.237 e. The summed E-state index contributed by atoms with van der Waals surface area (Å²) in [5.41, 5.74) is 2.70. The molecule has 1 aliphatic carbocycles. The Labute approximate surface area is 168 Å². The Kier molecular flexibility index (Phi) is 7.45. The van der Waals surface area contributed by atoms with Gasteiger partial charge in [0.1, 0.15) is 0 Å². The van der Waals surface area contributed by atoms with E-state index in [9.17, 15) is 9.59 Å². The van der Waals surface area contributed by atoms with Crippen molar-refractivity contribution in [1.82, 2.24) is 20.0 Å². The van der Waals surface area contributed by atoms with Crippen molar-refractivity contribution in [1.29, 1.82) is 0 Å². The number of carbonyl (C=O) groups excluding carboxylic acids is 2. The number of amides is 2. The van der Waals surface area contributed by atoms with Gasteiger partial charge in [-0.05, 0) is 36.8 Å². The molecule has 2 aliphatic rings. The summed E-state index contributed by atoms with van der Waals surface area (Å²) in [7, 11) is 1.95. The van der Waals surface area contributed by atoms with Gasteiger partial charge in [-0.3, -0.25) is 19.4 Å². The standard InChI is InChI=1S/C22H34N4O2/c1-3-11-23-21(27)16-25-12-14-26(15-13-25)17-22(28)24(2)20-10-6-8-18-7-4-5-9-19(18)20/h4-5,7,9,20H,3,6,8,10-17H2,1-2H3,(H,23,27). The zero-order valence-electron chi connectivity index (χ0n) is 17.3. The van der Waals surface area contributed by atoms with Crippen LogP contribution in [0.15, 0.2) is 24.3 Å². The quantitative estimate of drug-likeness (QED) is 0.775. The molecule has 1 aromatic carbocycles. The molecule has 1 aliphatic heterocycles. The molecule has 3 rings (SSSR count). The van der Waals surface area contributed by atoms with E-state index in [0.29, 0.717) is 13.1 Å². The first kappa shape index (κ1) is 20.8. The van der Waals surface area contributed by atoms with Crippen LogP contribution in [0.2, 0.25) is 0 Å². The maximum absolute atomic E-state index is 12.9. The van der Waals surface area contributed by atoms with Gasteiger partial charge in [0.05, 0.1) is 19.1 Å². The SMILES string of the molecule is CCCNC(=O)CN1CCN(CC(=O)N(C)C2CCCc3ccccc32)CC1. The van der Waals surface area contributed by atoms with Gasteiger partial charge in [0, 0.05) is 39.8 Å². The normalized spacial score (nSPS) is 20.4. The van der Waals surface area contributed by atoms with Gasteiger partial charge >= 0.3 is 0 Å². The molecule has 0 bridgehead atoms. The van der Waals surface area contributed by atoms with Gasteiger partial charge in [-0.1, -0.05) is 31.2 Å². The van der Waals surface area contributed by atoms with Crippen LogP contribution >= 0.6 is 0 Å². The lowest BCUT2D eigenvalue weighted by atomic mass is 9.87. The fraction of sp³-hybridized carbons (Fsp3) is 0.636. The van der Waals surface area contributed by atoms with E-state index in [1.54, 1.807) is 0 Å². The van der Waals surface area contributed by atoms with Crippen LogP contribution < -0.4 is 5.32 Å². The molecule has 2 amide bonds. The van der Waals surface area contributed by atoms with Crippen molar-refractivity contribution in [3.8, 4) is 0 Å². The third-order valence-electron chi connectivity index (χ3n) is 5.96. The summed E-state index contributed by atoms with van der Waals surface area (Å²) in [6.07, 6.45) is 4.25. The number of nitrogens with one attached hydrogen (secondary N) is 1. The number of hydrogen-bond donors (Lipinski definition) is 1. The lowest BCUT2D eigenvalue weighted by molar-refractivity contribution is -0.134. The minimum atomic E-state index is 0.0991. The van der Waals surface area contributed by atoms with Crippen molar-refractivity contribution >= 4 is 11.8 Å². The first-order chi connectivity index (χ1) is 13.6. The maximum atomic E-state index is 12.9. The Hall–Kier alpha value is -1.92. The second kappa shape index (κ2) is 10.0. The predicted octanol–water partition coefficient (Wildman–Crippen LogP) is 1.67. The van der Waals surface area contributed by atoms with E-state index in [1.165, 1.54) is 11.1 Å². The highest BCUT2D eigenvalue weighted by Crippen LogP contribution is 2.33. The molecule has 1 N–H and O–H groups in total. The van der Waals surface area contributed by atoms with Crippen LogP contribution in [-0.2, 0) is 16.0 Å². The van der Waals surface area contributed by atoms with Gasteiger partial charge in [-0.15, -0.1) is 0 Å². The summed E-state index contributed by atoms with van der Waals surface area (Å²) >= 11 is 0. The van der Waals surface area contributed by atoms with Crippen LogP contribution in [0.1, 0.15) is 43.4 Å². The number of nitrogens with zero attached hydrogens (tertiary/aromatic N) is 3. The third kappa shape index (κ3) is 5.32. The van der Waals surface area contributed by atoms with Gasteiger partial charge < -0.3 is 10.2 Å². The highest BCUT2D eigenvalue weighted by molar-refractivity contribution is 5.79. The average molecular weight is 387 g/mol. The molecule has 1 heterocycles. The first-order valence-corrected chi connectivity index (χ1v) is 10.6.